The predicted molar refractivity (Wildman–Crippen MR) is 84.3 cm³/mol. The van der Waals surface area contributed by atoms with E-state index >= 15 is 0 Å². The number of aryl methyl sites for hydroxylation is 1. The molecule has 0 heterocycles. The van der Waals surface area contributed by atoms with Crippen LogP contribution in [-0.2, 0) is 5.75 Å². The van der Waals surface area contributed by atoms with Crippen molar-refractivity contribution < 1.29 is 0 Å². The molecule has 88 valence electrons. The van der Waals surface area contributed by atoms with Gasteiger partial charge in [-0.25, -0.2) is 0 Å². The van der Waals surface area contributed by atoms with Crippen molar-refractivity contribution in [1.29, 1.82) is 0 Å². The molecule has 0 amide bonds. The van der Waals surface area contributed by atoms with Crippen LogP contribution in [0.3, 0.4) is 0 Å². The molecule has 0 aliphatic heterocycles. The maximum Gasteiger partial charge on any atom is 0.0317 e. The van der Waals surface area contributed by atoms with E-state index in [0.29, 0.717) is 0 Å². The summed E-state index contributed by atoms with van der Waals surface area (Å²) >= 11 is 4.18. The highest BCUT2D eigenvalue weighted by molar-refractivity contribution is 14.1. The normalized spacial score (nSPS) is 10.5. The molecule has 17 heavy (non-hydrogen) atoms. The molecule has 2 aromatic rings. The van der Waals surface area contributed by atoms with Crippen molar-refractivity contribution in [1.82, 2.24) is 0 Å². The monoisotopic (exact) mass is 355 g/mol. The van der Waals surface area contributed by atoms with Crippen molar-refractivity contribution in [3.05, 3.63) is 57.2 Å². The Hall–Kier alpha value is -0.680. The smallest absolute Gasteiger partial charge is 0.0317 e. The van der Waals surface area contributed by atoms with Gasteiger partial charge in [-0.2, -0.15) is 0 Å². The molecule has 0 aliphatic rings. The second-order valence-electron chi connectivity index (χ2n) is 3.94. The van der Waals surface area contributed by atoms with E-state index in [-0.39, 0.29) is 0 Å². The van der Waals surface area contributed by atoms with Crippen LogP contribution >= 0.6 is 34.4 Å². The van der Waals surface area contributed by atoms with Gasteiger partial charge in [0.25, 0.3) is 0 Å². The minimum atomic E-state index is 0.834. The van der Waals surface area contributed by atoms with Crippen molar-refractivity contribution in [2.75, 3.05) is 5.73 Å². The highest BCUT2D eigenvalue weighted by Crippen LogP contribution is 2.27. The van der Waals surface area contributed by atoms with Gasteiger partial charge in [0.1, 0.15) is 0 Å². The van der Waals surface area contributed by atoms with Crippen LogP contribution in [0.1, 0.15) is 11.1 Å². The minimum absolute atomic E-state index is 0.834. The maximum absolute atomic E-state index is 5.74. The summed E-state index contributed by atoms with van der Waals surface area (Å²) in [5.41, 5.74) is 9.18. The van der Waals surface area contributed by atoms with Crippen LogP contribution in [-0.4, -0.2) is 0 Å². The number of hydrogen-bond donors (Lipinski definition) is 1. The minimum Gasteiger partial charge on any atom is -0.399 e. The summed E-state index contributed by atoms with van der Waals surface area (Å²) in [6.07, 6.45) is 0. The molecule has 1 nitrogen and oxygen atoms in total. The van der Waals surface area contributed by atoms with Crippen molar-refractivity contribution >= 4 is 40.0 Å². The standard InChI is InChI=1S/C14H14INS/c1-10-8-13(16)6-7-14(10)17-9-11-2-4-12(15)5-3-11/h2-8H,9,16H2,1H3. The van der Waals surface area contributed by atoms with E-state index in [9.17, 15) is 0 Å². The van der Waals surface area contributed by atoms with Gasteiger partial charge in [-0.05, 0) is 71.0 Å². The Labute approximate surface area is 120 Å². The first-order valence-corrected chi connectivity index (χ1v) is 7.45. The number of anilines is 1. The fourth-order valence-corrected chi connectivity index (χ4v) is 2.90. The highest BCUT2D eigenvalue weighted by atomic mass is 127. The summed E-state index contributed by atoms with van der Waals surface area (Å²) in [6.45, 7) is 2.10. The molecule has 3 heteroatoms. The van der Waals surface area contributed by atoms with E-state index < -0.39 is 0 Å². The molecule has 2 aromatic carbocycles. The number of benzene rings is 2. The summed E-state index contributed by atoms with van der Waals surface area (Å²) in [4.78, 5) is 1.30. The van der Waals surface area contributed by atoms with Crippen LogP contribution in [0.4, 0.5) is 5.69 Å². The molecule has 0 bridgehead atoms. The van der Waals surface area contributed by atoms with Crippen LogP contribution < -0.4 is 5.73 Å². The number of nitrogen functional groups attached to an aromatic ring is 1. The Kier molecular flexibility index (Phi) is 4.34. The Morgan fingerprint density at radius 2 is 1.82 bits per heavy atom. The van der Waals surface area contributed by atoms with Crippen LogP contribution in [0, 0.1) is 10.5 Å². The van der Waals surface area contributed by atoms with Gasteiger partial charge in [0, 0.05) is 19.9 Å². The van der Waals surface area contributed by atoms with E-state index in [1.807, 2.05) is 23.9 Å². The predicted octanol–water partition coefficient (Wildman–Crippen LogP) is 4.47. The van der Waals surface area contributed by atoms with Crippen molar-refractivity contribution in [3.63, 3.8) is 0 Å². The first-order chi connectivity index (χ1) is 8.15. The highest BCUT2D eigenvalue weighted by Gasteiger charge is 2.00. The van der Waals surface area contributed by atoms with Crippen LogP contribution in [0.15, 0.2) is 47.4 Å². The first-order valence-electron chi connectivity index (χ1n) is 5.38. The lowest BCUT2D eigenvalue weighted by atomic mass is 10.2. The summed E-state index contributed by atoms with van der Waals surface area (Å²) < 4.78 is 1.28. The molecule has 0 saturated heterocycles. The largest absolute Gasteiger partial charge is 0.399 e. The summed E-state index contributed by atoms with van der Waals surface area (Å²) in [7, 11) is 0. The zero-order valence-electron chi connectivity index (χ0n) is 9.61. The fraction of sp³-hybridized carbons (Fsp3) is 0.143. The molecule has 0 aliphatic carbocycles. The van der Waals surface area contributed by atoms with E-state index in [4.69, 9.17) is 5.73 Å². The van der Waals surface area contributed by atoms with Crippen LogP contribution in [0.2, 0.25) is 0 Å². The average Bonchev–Trinajstić information content (AvgIpc) is 2.30. The lowest BCUT2D eigenvalue weighted by molar-refractivity contribution is 1.29. The van der Waals surface area contributed by atoms with Gasteiger partial charge in [0.05, 0.1) is 0 Å². The number of rotatable bonds is 3. The average molecular weight is 355 g/mol. The second-order valence-corrected chi connectivity index (χ2v) is 6.20. The van der Waals surface area contributed by atoms with Gasteiger partial charge in [0.15, 0.2) is 0 Å². The number of halogens is 1. The number of hydrogen-bond acceptors (Lipinski definition) is 2. The third-order valence-electron chi connectivity index (χ3n) is 2.51. The summed E-state index contributed by atoms with van der Waals surface area (Å²) in [5.74, 6) is 1.00. The first kappa shape index (κ1) is 12.8. The molecule has 2 N–H and O–H groups in total. The van der Waals surface area contributed by atoms with Crippen LogP contribution in [0.5, 0.6) is 0 Å². The molecule has 0 spiro atoms. The van der Waals surface area contributed by atoms with Gasteiger partial charge >= 0.3 is 0 Å². The van der Waals surface area contributed by atoms with Crippen molar-refractivity contribution in [2.24, 2.45) is 0 Å². The second kappa shape index (κ2) is 5.78. The number of thioether (sulfide) groups is 1. The van der Waals surface area contributed by atoms with Gasteiger partial charge in [-0.3, -0.25) is 0 Å². The quantitative estimate of drug-likeness (QED) is 0.499. The van der Waals surface area contributed by atoms with E-state index in [2.05, 4.69) is 59.8 Å². The summed E-state index contributed by atoms with van der Waals surface area (Å²) in [5, 5.41) is 0. The molecule has 2 rings (SSSR count). The van der Waals surface area contributed by atoms with E-state index in [0.717, 1.165) is 11.4 Å². The van der Waals surface area contributed by atoms with Gasteiger partial charge in [0.2, 0.25) is 0 Å². The van der Waals surface area contributed by atoms with E-state index in [1.54, 1.807) is 0 Å². The zero-order chi connectivity index (χ0) is 12.3. The lowest BCUT2D eigenvalue weighted by Crippen LogP contribution is -1.88. The van der Waals surface area contributed by atoms with Gasteiger partial charge in [-0.1, -0.05) is 12.1 Å². The summed E-state index contributed by atoms with van der Waals surface area (Å²) in [6, 6.07) is 14.7. The SMILES string of the molecule is Cc1cc(N)ccc1SCc1ccc(I)cc1. The fourth-order valence-electron chi connectivity index (χ4n) is 1.58. The Balaban J connectivity index is 2.04. The Bertz CT molecular complexity index is 508. The maximum atomic E-state index is 5.74. The van der Waals surface area contributed by atoms with Gasteiger partial charge in [-0.15, -0.1) is 11.8 Å². The Morgan fingerprint density at radius 1 is 1.12 bits per heavy atom. The zero-order valence-corrected chi connectivity index (χ0v) is 12.6. The molecule has 0 saturated carbocycles. The lowest BCUT2D eigenvalue weighted by Gasteiger charge is -2.06. The molecule has 0 atom stereocenters. The third-order valence-corrected chi connectivity index (χ3v) is 4.47. The topological polar surface area (TPSA) is 26.0 Å². The van der Waals surface area contributed by atoms with Gasteiger partial charge < -0.3 is 5.73 Å². The number of nitrogens with two attached hydrogens (primary N) is 1. The molecular formula is C14H14INS. The third kappa shape index (κ3) is 3.64. The molecule has 0 aromatic heterocycles. The molecule has 0 radical (unpaired) electrons. The van der Waals surface area contributed by atoms with Crippen molar-refractivity contribution in [2.45, 2.75) is 17.6 Å². The van der Waals surface area contributed by atoms with Crippen LogP contribution in [0.25, 0.3) is 0 Å². The molecule has 0 unspecified atom stereocenters. The Morgan fingerprint density at radius 3 is 2.47 bits per heavy atom. The van der Waals surface area contributed by atoms with Crippen molar-refractivity contribution in [3.8, 4) is 0 Å². The molecule has 0 fully saturated rings. The van der Waals surface area contributed by atoms with E-state index in [1.165, 1.54) is 19.6 Å². The molecular weight excluding hydrogens is 341 g/mol.